The minimum absolute atomic E-state index is 0.688. The lowest BCUT2D eigenvalue weighted by Gasteiger charge is -2.24. The van der Waals surface area contributed by atoms with Crippen molar-refractivity contribution in [2.45, 2.75) is 31.8 Å². The molecule has 4 heteroatoms. The third-order valence-electron chi connectivity index (χ3n) is 3.95. The van der Waals surface area contributed by atoms with E-state index in [2.05, 4.69) is 15.2 Å². The van der Waals surface area contributed by atoms with E-state index in [4.69, 9.17) is 11.6 Å². The number of aromatic nitrogens is 1. The molecule has 1 atom stereocenters. The molecule has 0 bridgehead atoms. The first-order valence-corrected chi connectivity index (χ1v) is 7.25. The first-order chi connectivity index (χ1) is 8.83. The highest BCUT2D eigenvalue weighted by atomic mass is 35.5. The van der Waals surface area contributed by atoms with Crippen LogP contribution in [0.15, 0.2) is 18.5 Å². The lowest BCUT2D eigenvalue weighted by Crippen LogP contribution is -2.39. The Morgan fingerprint density at radius 1 is 1.44 bits per heavy atom. The van der Waals surface area contributed by atoms with Crippen LogP contribution in [0.4, 0.5) is 0 Å². The minimum Gasteiger partial charge on any atom is -0.312 e. The highest BCUT2D eigenvalue weighted by Crippen LogP contribution is 2.33. The molecule has 0 spiro atoms. The molecular weight excluding hydrogens is 246 g/mol. The molecule has 1 aromatic rings. The quantitative estimate of drug-likeness (QED) is 0.909. The predicted octanol–water partition coefficient (Wildman–Crippen LogP) is 2.31. The molecule has 0 amide bonds. The van der Waals surface area contributed by atoms with Crippen molar-refractivity contribution < 1.29 is 0 Å². The van der Waals surface area contributed by atoms with Crippen LogP contribution in [0, 0.1) is 5.92 Å². The van der Waals surface area contributed by atoms with Gasteiger partial charge in [0.25, 0.3) is 0 Å². The monoisotopic (exact) mass is 265 g/mol. The summed E-state index contributed by atoms with van der Waals surface area (Å²) < 4.78 is 0. The van der Waals surface area contributed by atoms with Crippen LogP contribution in [0.25, 0.3) is 0 Å². The minimum atomic E-state index is 0.688. The lowest BCUT2D eigenvalue weighted by atomic mass is 10.1. The van der Waals surface area contributed by atoms with Gasteiger partial charge in [-0.05, 0) is 49.9 Å². The molecule has 3 rings (SSSR count). The number of nitrogens with zero attached hydrogens (tertiary/aromatic N) is 2. The van der Waals surface area contributed by atoms with Crippen LogP contribution in [0.5, 0.6) is 0 Å². The zero-order chi connectivity index (χ0) is 12.4. The molecule has 1 aliphatic heterocycles. The fraction of sp³-hybridized carbons (Fsp3) is 0.643. The van der Waals surface area contributed by atoms with Crippen LogP contribution in [-0.2, 0) is 6.54 Å². The molecule has 98 valence electrons. The second-order valence-corrected chi connectivity index (χ2v) is 5.86. The third kappa shape index (κ3) is 3.02. The van der Waals surface area contributed by atoms with Gasteiger partial charge < -0.3 is 5.32 Å². The molecule has 18 heavy (non-hydrogen) atoms. The summed E-state index contributed by atoms with van der Waals surface area (Å²) in [6, 6.07) is 2.72. The summed E-state index contributed by atoms with van der Waals surface area (Å²) in [4.78, 5) is 6.58. The van der Waals surface area contributed by atoms with Gasteiger partial charge in [0.15, 0.2) is 0 Å². The first-order valence-electron chi connectivity index (χ1n) is 6.87. The van der Waals surface area contributed by atoms with E-state index in [0.717, 1.165) is 37.1 Å². The smallest absolute Gasteiger partial charge is 0.0634 e. The molecule has 2 fully saturated rings. The molecule has 3 nitrogen and oxygen atoms in total. The van der Waals surface area contributed by atoms with Crippen LogP contribution in [0.1, 0.15) is 24.8 Å². The van der Waals surface area contributed by atoms with Gasteiger partial charge in [-0.25, -0.2) is 0 Å². The average Bonchev–Trinajstić information content (AvgIpc) is 3.18. The molecular formula is C14H20ClN3. The summed E-state index contributed by atoms with van der Waals surface area (Å²) in [5.41, 5.74) is 1.20. The Hall–Kier alpha value is -0.640. The molecule has 1 saturated heterocycles. The first kappa shape index (κ1) is 12.4. The second-order valence-electron chi connectivity index (χ2n) is 5.45. The Kier molecular flexibility index (Phi) is 3.83. The molecule has 1 saturated carbocycles. The molecule has 0 aromatic carbocycles. The maximum Gasteiger partial charge on any atom is 0.0634 e. The van der Waals surface area contributed by atoms with Crippen LogP contribution >= 0.6 is 11.6 Å². The Morgan fingerprint density at radius 3 is 3.11 bits per heavy atom. The van der Waals surface area contributed by atoms with Crippen molar-refractivity contribution in [3.63, 3.8) is 0 Å². The number of halogens is 1. The van der Waals surface area contributed by atoms with Gasteiger partial charge >= 0.3 is 0 Å². The number of rotatable bonds is 3. The van der Waals surface area contributed by atoms with Gasteiger partial charge in [-0.2, -0.15) is 0 Å². The molecule has 1 N–H and O–H groups in total. The molecule has 1 aliphatic carbocycles. The maximum absolute atomic E-state index is 6.19. The zero-order valence-electron chi connectivity index (χ0n) is 10.6. The van der Waals surface area contributed by atoms with Gasteiger partial charge in [-0.1, -0.05) is 11.6 Å². The van der Waals surface area contributed by atoms with Gasteiger partial charge in [-0.15, -0.1) is 0 Å². The van der Waals surface area contributed by atoms with Gasteiger partial charge in [0, 0.05) is 31.5 Å². The predicted molar refractivity (Wildman–Crippen MR) is 73.7 cm³/mol. The van der Waals surface area contributed by atoms with Crippen molar-refractivity contribution >= 4 is 11.6 Å². The summed E-state index contributed by atoms with van der Waals surface area (Å²) in [6.45, 7) is 4.42. The van der Waals surface area contributed by atoms with Crippen LogP contribution < -0.4 is 5.32 Å². The van der Waals surface area contributed by atoms with E-state index >= 15 is 0 Å². The summed E-state index contributed by atoms with van der Waals surface area (Å²) in [5, 5.41) is 4.48. The second kappa shape index (κ2) is 5.55. The Labute approximate surface area is 114 Å². The van der Waals surface area contributed by atoms with Crippen LogP contribution in [-0.4, -0.2) is 35.6 Å². The fourth-order valence-corrected chi connectivity index (χ4v) is 2.93. The number of hydrogen-bond donors (Lipinski definition) is 1. The topological polar surface area (TPSA) is 28.2 Å². The molecule has 2 aliphatic rings. The van der Waals surface area contributed by atoms with E-state index in [0.29, 0.717) is 6.04 Å². The SMILES string of the molecule is Clc1cnccc1CN1CCCNC(C2CC2)C1. The summed E-state index contributed by atoms with van der Waals surface area (Å²) in [5.74, 6) is 0.915. The van der Waals surface area contributed by atoms with E-state index in [9.17, 15) is 0 Å². The van der Waals surface area contributed by atoms with Crippen LogP contribution in [0.3, 0.4) is 0 Å². The third-order valence-corrected chi connectivity index (χ3v) is 4.29. The Bertz CT molecular complexity index is 406. The maximum atomic E-state index is 6.19. The van der Waals surface area contributed by atoms with E-state index in [-0.39, 0.29) is 0 Å². The van der Waals surface area contributed by atoms with Gasteiger partial charge in [0.05, 0.1) is 5.02 Å². The molecule has 2 heterocycles. The Balaban J connectivity index is 1.65. The van der Waals surface area contributed by atoms with E-state index < -0.39 is 0 Å². The van der Waals surface area contributed by atoms with Gasteiger partial charge in [0.2, 0.25) is 0 Å². The van der Waals surface area contributed by atoms with E-state index in [1.807, 2.05) is 12.3 Å². The number of nitrogens with one attached hydrogen (secondary N) is 1. The highest BCUT2D eigenvalue weighted by Gasteiger charge is 2.33. The average molecular weight is 266 g/mol. The Morgan fingerprint density at radius 2 is 2.33 bits per heavy atom. The van der Waals surface area contributed by atoms with Gasteiger partial charge in [0.1, 0.15) is 0 Å². The normalized spacial score (nSPS) is 25.9. The standard InChI is InChI=1S/C14H20ClN3/c15-13-8-16-6-4-12(13)9-18-7-1-5-17-14(10-18)11-2-3-11/h4,6,8,11,14,17H,1-3,5,7,9-10H2. The zero-order valence-corrected chi connectivity index (χ0v) is 11.4. The summed E-state index contributed by atoms with van der Waals surface area (Å²) in [6.07, 6.45) is 7.61. The molecule has 1 aromatic heterocycles. The van der Waals surface area contributed by atoms with Crippen molar-refractivity contribution in [2.75, 3.05) is 19.6 Å². The lowest BCUT2D eigenvalue weighted by molar-refractivity contribution is 0.251. The summed E-state index contributed by atoms with van der Waals surface area (Å²) >= 11 is 6.19. The van der Waals surface area contributed by atoms with Gasteiger partial charge in [-0.3, -0.25) is 9.88 Å². The van der Waals surface area contributed by atoms with Crippen LogP contribution in [0.2, 0.25) is 5.02 Å². The number of hydrogen-bond acceptors (Lipinski definition) is 3. The highest BCUT2D eigenvalue weighted by molar-refractivity contribution is 6.31. The molecule has 0 radical (unpaired) electrons. The summed E-state index contributed by atoms with van der Waals surface area (Å²) in [7, 11) is 0. The fourth-order valence-electron chi connectivity index (χ4n) is 2.76. The number of pyridine rings is 1. The molecule has 1 unspecified atom stereocenters. The van der Waals surface area contributed by atoms with Crippen molar-refractivity contribution in [3.8, 4) is 0 Å². The van der Waals surface area contributed by atoms with E-state index in [1.54, 1.807) is 6.20 Å². The van der Waals surface area contributed by atoms with Crippen molar-refractivity contribution in [1.82, 2.24) is 15.2 Å². The van der Waals surface area contributed by atoms with E-state index in [1.165, 1.54) is 24.8 Å². The van der Waals surface area contributed by atoms with Crippen molar-refractivity contribution in [3.05, 3.63) is 29.0 Å². The largest absolute Gasteiger partial charge is 0.312 e. The van der Waals surface area contributed by atoms with Crippen molar-refractivity contribution in [1.29, 1.82) is 0 Å². The van der Waals surface area contributed by atoms with Crippen molar-refractivity contribution in [2.24, 2.45) is 5.92 Å².